The first kappa shape index (κ1) is 12.5. The molecule has 3 heteroatoms. The van der Waals surface area contributed by atoms with E-state index in [2.05, 4.69) is 15.9 Å². The molecule has 1 unspecified atom stereocenters. The van der Waals surface area contributed by atoms with Crippen molar-refractivity contribution in [3.05, 3.63) is 28.7 Å². The second-order valence-electron chi connectivity index (χ2n) is 4.25. The first-order valence-electron chi connectivity index (χ1n) is 5.02. The Labute approximate surface area is 99.4 Å². The minimum atomic E-state index is -0.785. The van der Waals surface area contributed by atoms with Crippen LogP contribution in [0.2, 0.25) is 0 Å². The zero-order chi connectivity index (χ0) is 11.5. The summed E-state index contributed by atoms with van der Waals surface area (Å²) in [5, 5.41) is 9.97. The number of benzene rings is 1. The van der Waals surface area contributed by atoms with Gasteiger partial charge >= 0.3 is 0 Å². The highest BCUT2D eigenvalue weighted by Gasteiger charge is 2.25. The fraction of sp³-hybridized carbons (Fsp3) is 0.500. The van der Waals surface area contributed by atoms with Crippen molar-refractivity contribution in [1.82, 2.24) is 0 Å². The molecule has 0 aliphatic rings. The van der Waals surface area contributed by atoms with E-state index in [1.54, 1.807) is 6.92 Å². The molecule has 0 saturated carbocycles. The number of halogens is 1. The number of hydrogen-bond acceptors (Lipinski definition) is 2. The van der Waals surface area contributed by atoms with Gasteiger partial charge in [-0.25, -0.2) is 0 Å². The van der Waals surface area contributed by atoms with E-state index in [1.807, 2.05) is 38.1 Å². The maximum atomic E-state index is 9.97. The van der Waals surface area contributed by atoms with Gasteiger partial charge in [0.1, 0.15) is 12.4 Å². The van der Waals surface area contributed by atoms with E-state index >= 15 is 0 Å². The van der Waals surface area contributed by atoms with E-state index in [0.717, 1.165) is 10.2 Å². The number of aliphatic hydroxyl groups is 1. The van der Waals surface area contributed by atoms with Gasteiger partial charge < -0.3 is 9.84 Å². The maximum Gasteiger partial charge on any atom is 0.119 e. The van der Waals surface area contributed by atoms with E-state index in [-0.39, 0.29) is 5.92 Å². The first-order valence-corrected chi connectivity index (χ1v) is 5.82. The zero-order valence-electron chi connectivity index (χ0n) is 9.33. The van der Waals surface area contributed by atoms with Gasteiger partial charge in [0, 0.05) is 4.47 Å². The van der Waals surface area contributed by atoms with Crippen molar-refractivity contribution >= 4 is 15.9 Å². The van der Waals surface area contributed by atoms with Gasteiger partial charge in [-0.15, -0.1) is 0 Å². The molecule has 0 aliphatic heterocycles. The Bertz CT molecular complexity index is 304. The molecule has 0 spiro atoms. The van der Waals surface area contributed by atoms with Crippen molar-refractivity contribution < 1.29 is 9.84 Å². The van der Waals surface area contributed by atoms with Crippen LogP contribution in [0.4, 0.5) is 0 Å². The molecule has 15 heavy (non-hydrogen) atoms. The molecule has 2 nitrogen and oxygen atoms in total. The van der Waals surface area contributed by atoms with Gasteiger partial charge in [0.15, 0.2) is 0 Å². The summed E-state index contributed by atoms with van der Waals surface area (Å²) in [7, 11) is 0. The van der Waals surface area contributed by atoms with Crippen molar-refractivity contribution in [2.75, 3.05) is 6.61 Å². The predicted molar refractivity (Wildman–Crippen MR) is 65.1 cm³/mol. The molecule has 1 rings (SSSR count). The highest BCUT2D eigenvalue weighted by atomic mass is 79.9. The molecule has 0 fully saturated rings. The summed E-state index contributed by atoms with van der Waals surface area (Å²) < 4.78 is 6.54. The summed E-state index contributed by atoms with van der Waals surface area (Å²) in [6, 6.07) is 7.58. The summed E-state index contributed by atoms with van der Waals surface area (Å²) >= 11 is 3.35. The van der Waals surface area contributed by atoms with Gasteiger partial charge in [0.2, 0.25) is 0 Å². The van der Waals surface area contributed by atoms with Gasteiger partial charge in [-0.05, 0) is 37.1 Å². The molecule has 1 aromatic rings. The fourth-order valence-corrected chi connectivity index (χ4v) is 1.19. The average Bonchev–Trinajstić information content (AvgIpc) is 2.17. The summed E-state index contributed by atoms with van der Waals surface area (Å²) in [6.07, 6.45) is 0. The smallest absolute Gasteiger partial charge is 0.119 e. The van der Waals surface area contributed by atoms with Crippen molar-refractivity contribution in [3.63, 3.8) is 0 Å². The van der Waals surface area contributed by atoms with Crippen LogP contribution in [-0.2, 0) is 0 Å². The van der Waals surface area contributed by atoms with E-state index in [9.17, 15) is 5.11 Å². The molecule has 0 saturated heterocycles. The van der Waals surface area contributed by atoms with E-state index < -0.39 is 5.60 Å². The predicted octanol–water partition coefficient (Wildman–Crippen LogP) is 3.23. The Morgan fingerprint density at radius 1 is 1.33 bits per heavy atom. The molecule has 0 bridgehead atoms. The Hall–Kier alpha value is -0.540. The lowest BCUT2D eigenvalue weighted by Gasteiger charge is -2.27. The van der Waals surface area contributed by atoms with Crippen LogP contribution >= 0.6 is 15.9 Å². The third-order valence-corrected chi connectivity index (χ3v) is 3.12. The molecule has 1 atom stereocenters. The Morgan fingerprint density at radius 2 is 1.87 bits per heavy atom. The topological polar surface area (TPSA) is 29.5 Å². The number of rotatable bonds is 4. The third-order valence-electron chi connectivity index (χ3n) is 2.59. The molecule has 0 aliphatic carbocycles. The normalized spacial score (nSPS) is 15.1. The lowest BCUT2D eigenvalue weighted by atomic mass is 9.94. The van der Waals surface area contributed by atoms with Gasteiger partial charge in [0.05, 0.1) is 5.60 Å². The van der Waals surface area contributed by atoms with E-state index in [0.29, 0.717) is 6.61 Å². The van der Waals surface area contributed by atoms with Crippen LogP contribution in [0.5, 0.6) is 5.75 Å². The monoisotopic (exact) mass is 272 g/mol. The lowest BCUT2D eigenvalue weighted by molar-refractivity contribution is -0.0266. The van der Waals surface area contributed by atoms with Crippen molar-refractivity contribution in [1.29, 1.82) is 0 Å². The van der Waals surface area contributed by atoms with Gasteiger partial charge in [0.25, 0.3) is 0 Å². The van der Waals surface area contributed by atoms with Gasteiger partial charge in [-0.2, -0.15) is 0 Å². The molecule has 0 radical (unpaired) electrons. The number of hydrogen-bond donors (Lipinski definition) is 1. The lowest BCUT2D eigenvalue weighted by Crippen LogP contribution is -2.37. The largest absolute Gasteiger partial charge is 0.491 e. The second-order valence-corrected chi connectivity index (χ2v) is 5.17. The molecule has 84 valence electrons. The van der Waals surface area contributed by atoms with Crippen LogP contribution in [0.1, 0.15) is 20.8 Å². The molecule has 0 amide bonds. The molecule has 0 heterocycles. The SMILES string of the molecule is CC(C)C(C)(O)COc1ccc(Br)cc1. The standard InChI is InChI=1S/C12H17BrO2/c1-9(2)12(3,14)8-15-11-6-4-10(13)5-7-11/h4-7,9,14H,8H2,1-3H3. The highest BCUT2D eigenvalue weighted by molar-refractivity contribution is 9.10. The van der Waals surface area contributed by atoms with Crippen molar-refractivity contribution in [2.45, 2.75) is 26.4 Å². The third kappa shape index (κ3) is 3.84. The van der Waals surface area contributed by atoms with E-state index in [4.69, 9.17) is 4.74 Å². The van der Waals surface area contributed by atoms with Crippen LogP contribution in [0.15, 0.2) is 28.7 Å². The summed E-state index contributed by atoms with van der Waals surface area (Å²) in [4.78, 5) is 0. The molecule has 0 aromatic heterocycles. The van der Waals surface area contributed by atoms with Gasteiger partial charge in [-0.3, -0.25) is 0 Å². The summed E-state index contributed by atoms with van der Waals surface area (Å²) in [5.74, 6) is 0.951. The van der Waals surface area contributed by atoms with E-state index in [1.165, 1.54) is 0 Å². The van der Waals surface area contributed by atoms with Crippen molar-refractivity contribution in [3.8, 4) is 5.75 Å². The minimum absolute atomic E-state index is 0.174. The Kier molecular flexibility index (Phi) is 4.17. The zero-order valence-corrected chi connectivity index (χ0v) is 10.9. The van der Waals surface area contributed by atoms with Crippen LogP contribution < -0.4 is 4.74 Å². The van der Waals surface area contributed by atoms with Crippen LogP contribution in [-0.4, -0.2) is 17.3 Å². The second kappa shape index (κ2) is 4.99. The minimum Gasteiger partial charge on any atom is -0.491 e. The average molecular weight is 273 g/mol. The molecular formula is C12H17BrO2. The molecule has 1 aromatic carbocycles. The van der Waals surface area contributed by atoms with Gasteiger partial charge in [-0.1, -0.05) is 29.8 Å². The van der Waals surface area contributed by atoms with Crippen molar-refractivity contribution in [2.24, 2.45) is 5.92 Å². The van der Waals surface area contributed by atoms with Crippen LogP contribution in [0, 0.1) is 5.92 Å². The molecule has 1 N–H and O–H groups in total. The summed E-state index contributed by atoms with van der Waals surface area (Å²) in [5.41, 5.74) is -0.785. The quantitative estimate of drug-likeness (QED) is 0.912. The summed E-state index contributed by atoms with van der Waals surface area (Å²) in [6.45, 7) is 6.05. The highest BCUT2D eigenvalue weighted by Crippen LogP contribution is 2.20. The fourth-order valence-electron chi connectivity index (χ4n) is 0.927. The maximum absolute atomic E-state index is 9.97. The molecular weight excluding hydrogens is 256 g/mol. The number of ether oxygens (including phenoxy) is 1. The Balaban J connectivity index is 2.54. The Morgan fingerprint density at radius 3 is 2.33 bits per heavy atom. The first-order chi connectivity index (χ1) is 6.92. The van der Waals surface area contributed by atoms with Crippen LogP contribution in [0.25, 0.3) is 0 Å². The van der Waals surface area contributed by atoms with Crippen LogP contribution in [0.3, 0.4) is 0 Å².